The van der Waals surface area contributed by atoms with Gasteiger partial charge in [-0.25, -0.2) is 0 Å². The van der Waals surface area contributed by atoms with Crippen molar-refractivity contribution in [3.63, 3.8) is 0 Å². The molecule has 0 saturated heterocycles. The van der Waals surface area contributed by atoms with Crippen LogP contribution in [0.2, 0.25) is 0 Å². The van der Waals surface area contributed by atoms with E-state index in [1.165, 1.54) is 75.6 Å². The maximum atomic E-state index is 2.32. The van der Waals surface area contributed by atoms with Crippen molar-refractivity contribution in [2.45, 2.75) is 71.1 Å². The minimum atomic E-state index is 1.17. The SMILES string of the molecule is CCCCCCCCCCCc1cccc[n+]1-c1ccccc1. The van der Waals surface area contributed by atoms with Gasteiger partial charge in [-0.05, 0) is 6.42 Å². The molecular formula is C22H32N+. The van der Waals surface area contributed by atoms with Crippen molar-refractivity contribution < 1.29 is 4.57 Å². The van der Waals surface area contributed by atoms with Crippen molar-refractivity contribution in [3.8, 4) is 5.69 Å². The first-order valence-electron chi connectivity index (χ1n) is 9.47. The molecule has 0 atom stereocenters. The van der Waals surface area contributed by atoms with Gasteiger partial charge in [-0.3, -0.25) is 0 Å². The van der Waals surface area contributed by atoms with Crippen LogP contribution in [0.1, 0.15) is 70.4 Å². The van der Waals surface area contributed by atoms with Crippen LogP contribution in [0.15, 0.2) is 54.7 Å². The Morgan fingerprint density at radius 2 is 1.26 bits per heavy atom. The Morgan fingerprint density at radius 1 is 0.652 bits per heavy atom. The van der Waals surface area contributed by atoms with E-state index >= 15 is 0 Å². The standard InChI is InChI=1S/C22H32N/c1-2-3-4-5-6-7-8-9-11-16-22-19-14-15-20-23(22)21-17-12-10-13-18-21/h10,12-15,17-20H,2-9,11,16H2,1H3/q+1. The van der Waals surface area contributed by atoms with Crippen LogP contribution in [0.4, 0.5) is 0 Å². The van der Waals surface area contributed by atoms with Crippen LogP contribution in [-0.4, -0.2) is 0 Å². The van der Waals surface area contributed by atoms with Crippen LogP contribution in [0.25, 0.3) is 5.69 Å². The average molecular weight is 311 g/mol. The third kappa shape index (κ3) is 6.56. The van der Waals surface area contributed by atoms with Crippen LogP contribution in [0.5, 0.6) is 0 Å². The van der Waals surface area contributed by atoms with Gasteiger partial charge in [-0.15, -0.1) is 0 Å². The average Bonchev–Trinajstić information content (AvgIpc) is 2.61. The van der Waals surface area contributed by atoms with Gasteiger partial charge in [0.1, 0.15) is 0 Å². The van der Waals surface area contributed by atoms with Gasteiger partial charge in [-0.1, -0.05) is 82.6 Å². The molecule has 124 valence electrons. The largest absolute Gasteiger partial charge is 0.210 e. The highest BCUT2D eigenvalue weighted by atomic mass is 15.0. The van der Waals surface area contributed by atoms with Gasteiger partial charge < -0.3 is 0 Å². The van der Waals surface area contributed by atoms with Crippen LogP contribution >= 0.6 is 0 Å². The summed E-state index contributed by atoms with van der Waals surface area (Å²) in [6.45, 7) is 2.28. The second kappa shape index (κ2) is 11.0. The number of hydrogen-bond donors (Lipinski definition) is 0. The number of benzene rings is 1. The number of hydrogen-bond acceptors (Lipinski definition) is 0. The molecule has 0 N–H and O–H groups in total. The van der Waals surface area contributed by atoms with E-state index in [0.29, 0.717) is 0 Å². The Labute approximate surface area is 142 Å². The zero-order valence-electron chi connectivity index (χ0n) is 14.7. The summed E-state index contributed by atoms with van der Waals surface area (Å²) in [6.07, 6.45) is 15.9. The van der Waals surface area contributed by atoms with Gasteiger partial charge in [0, 0.05) is 30.7 Å². The molecule has 0 saturated carbocycles. The van der Waals surface area contributed by atoms with Crippen molar-refractivity contribution in [2.24, 2.45) is 0 Å². The molecule has 1 heterocycles. The normalized spacial score (nSPS) is 10.8. The fourth-order valence-corrected chi connectivity index (χ4v) is 3.14. The van der Waals surface area contributed by atoms with Crippen molar-refractivity contribution >= 4 is 0 Å². The van der Waals surface area contributed by atoms with Crippen molar-refractivity contribution in [1.82, 2.24) is 0 Å². The Hall–Kier alpha value is -1.63. The van der Waals surface area contributed by atoms with Crippen LogP contribution in [0, 0.1) is 0 Å². The van der Waals surface area contributed by atoms with Gasteiger partial charge in [0.25, 0.3) is 0 Å². The molecule has 0 amide bonds. The number of para-hydroxylation sites is 1. The third-order valence-electron chi connectivity index (χ3n) is 4.52. The molecule has 0 aliphatic carbocycles. The zero-order chi connectivity index (χ0) is 16.2. The first-order chi connectivity index (χ1) is 11.4. The topological polar surface area (TPSA) is 3.88 Å². The number of nitrogens with zero attached hydrogens (tertiary/aromatic N) is 1. The van der Waals surface area contributed by atoms with E-state index in [4.69, 9.17) is 0 Å². The lowest BCUT2D eigenvalue weighted by Crippen LogP contribution is -2.34. The summed E-state index contributed by atoms with van der Waals surface area (Å²) in [5, 5.41) is 0. The van der Waals surface area contributed by atoms with Crippen molar-refractivity contribution in [1.29, 1.82) is 0 Å². The van der Waals surface area contributed by atoms with Gasteiger partial charge in [0.2, 0.25) is 5.69 Å². The summed E-state index contributed by atoms with van der Waals surface area (Å²) in [4.78, 5) is 0. The second-order valence-corrected chi connectivity index (χ2v) is 6.48. The molecule has 2 aromatic rings. The second-order valence-electron chi connectivity index (χ2n) is 6.48. The number of rotatable bonds is 11. The van der Waals surface area contributed by atoms with E-state index < -0.39 is 0 Å². The number of aryl methyl sites for hydroxylation is 1. The van der Waals surface area contributed by atoms with Gasteiger partial charge in [0.15, 0.2) is 11.9 Å². The molecular weight excluding hydrogens is 278 g/mol. The molecule has 0 fully saturated rings. The molecule has 0 spiro atoms. The molecule has 0 aliphatic heterocycles. The number of aromatic nitrogens is 1. The summed E-state index contributed by atoms with van der Waals surface area (Å²) in [5.74, 6) is 0. The van der Waals surface area contributed by atoms with Crippen LogP contribution in [-0.2, 0) is 6.42 Å². The minimum absolute atomic E-state index is 1.17. The Bertz CT molecular complexity index is 533. The number of pyridine rings is 1. The van der Waals surface area contributed by atoms with Crippen molar-refractivity contribution in [2.75, 3.05) is 0 Å². The molecule has 0 radical (unpaired) electrons. The maximum absolute atomic E-state index is 2.32. The van der Waals surface area contributed by atoms with Crippen molar-refractivity contribution in [3.05, 3.63) is 60.4 Å². The lowest BCUT2D eigenvalue weighted by Gasteiger charge is -2.04. The Balaban J connectivity index is 1.70. The highest BCUT2D eigenvalue weighted by Gasteiger charge is 2.11. The van der Waals surface area contributed by atoms with Gasteiger partial charge >= 0.3 is 0 Å². The van der Waals surface area contributed by atoms with E-state index in [1.807, 2.05) is 0 Å². The highest BCUT2D eigenvalue weighted by Crippen LogP contribution is 2.11. The Kier molecular flexibility index (Phi) is 8.47. The van der Waals surface area contributed by atoms with E-state index in [0.717, 1.165) is 0 Å². The maximum Gasteiger partial charge on any atom is 0.210 e. The fraction of sp³-hybridized carbons (Fsp3) is 0.500. The fourth-order valence-electron chi connectivity index (χ4n) is 3.14. The zero-order valence-corrected chi connectivity index (χ0v) is 14.7. The van der Waals surface area contributed by atoms with Gasteiger partial charge in [-0.2, -0.15) is 4.57 Å². The predicted molar refractivity (Wildman–Crippen MR) is 98.9 cm³/mol. The van der Waals surface area contributed by atoms with E-state index in [9.17, 15) is 0 Å². The van der Waals surface area contributed by atoms with E-state index in [2.05, 4.69) is 66.2 Å². The Morgan fingerprint density at radius 3 is 1.96 bits per heavy atom. The summed E-state index contributed by atoms with van der Waals surface area (Å²) in [5.41, 5.74) is 2.68. The molecule has 23 heavy (non-hydrogen) atoms. The molecule has 1 nitrogen and oxygen atoms in total. The van der Waals surface area contributed by atoms with Crippen LogP contribution in [0.3, 0.4) is 0 Å². The highest BCUT2D eigenvalue weighted by molar-refractivity contribution is 5.22. The lowest BCUT2D eigenvalue weighted by atomic mass is 10.1. The molecule has 1 aromatic heterocycles. The molecule has 1 heteroatoms. The quantitative estimate of drug-likeness (QED) is 0.352. The predicted octanol–water partition coefficient (Wildman–Crippen LogP) is 6.04. The number of unbranched alkanes of at least 4 members (excludes halogenated alkanes) is 8. The molecule has 0 unspecified atom stereocenters. The summed E-state index contributed by atoms with van der Waals surface area (Å²) in [7, 11) is 0. The van der Waals surface area contributed by atoms with Crippen LogP contribution < -0.4 is 4.57 Å². The molecule has 2 rings (SSSR count). The minimum Gasteiger partial charge on any atom is -0.165 e. The summed E-state index contributed by atoms with van der Waals surface area (Å²) < 4.78 is 2.32. The molecule has 0 aliphatic rings. The summed E-state index contributed by atoms with van der Waals surface area (Å²) >= 11 is 0. The molecule has 0 bridgehead atoms. The third-order valence-corrected chi connectivity index (χ3v) is 4.52. The first kappa shape index (κ1) is 17.7. The molecule has 1 aromatic carbocycles. The lowest BCUT2D eigenvalue weighted by molar-refractivity contribution is -0.604. The first-order valence-corrected chi connectivity index (χ1v) is 9.47. The van der Waals surface area contributed by atoms with Gasteiger partial charge in [0.05, 0.1) is 0 Å². The van der Waals surface area contributed by atoms with E-state index in [-0.39, 0.29) is 0 Å². The van der Waals surface area contributed by atoms with E-state index in [1.54, 1.807) is 0 Å². The monoisotopic (exact) mass is 310 g/mol. The summed E-state index contributed by atoms with van der Waals surface area (Å²) in [6, 6.07) is 17.2. The smallest absolute Gasteiger partial charge is 0.165 e.